The second-order valence-electron chi connectivity index (χ2n) is 5.97. The van der Waals surface area contributed by atoms with Crippen LogP contribution in [-0.2, 0) is 11.5 Å². The number of nitrogens with zero attached hydrogens (tertiary/aromatic N) is 4. The molecule has 0 radical (unpaired) electrons. The Morgan fingerprint density at radius 1 is 1.45 bits per heavy atom. The Kier molecular flexibility index (Phi) is 4.92. The summed E-state index contributed by atoms with van der Waals surface area (Å²) in [5, 5.41) is 7.34. The van der Waals surface area contributed by atoms with Crippen molar-refractivity contribution in [3.8, 4) is 0 Å². The summed E-state index contributed by atoms with van der Waals surface area (Å²) in [7, 11) is 1.94. The van der Waals surface area contributed by atoms with Gasteiger partial charge in [-0.05, 0) is 46.0 Å². The summed E-state index contributed by atoms with van der Waals surface area (Å²) >= 11 is 5.47. The van der Waals surface area contributed by atoms with Gasteiger partial charge < -0.3 is 10.2 Å². The number of aromatic nitrogens is 4. The molecule has 7 nitrogen and oxygen atoms in total. The number of carbonyl (C=O) groups is 1. The number of quaternary nitrogens is 1. The highest BCUT2D eigenvalue weighted by Crippen LogP contribution is 2.06. The monoisotopic (exact) mass is 323 g/mol. The molecule has 1 amide bonds. The Morgan fingerprint density at radius 2 is 2.14 bits per heavy atom. The molecular weight excluding hydrogens is 300 g/mol. The van der Waals surface area contributed by atoms with Crippen LogP contribution < -0.4 is 10.2 Å². The maximum Gasteiger partial charge on any atom is 0.275 e. The SMILES string of the molecule is Cc1cc(C)n2c(=S)n(C[NH+](C)CC(=O)NC(C)C)nc2n1. The van der Waals surface area contributed by atoms with Crippen molar-refractivity contribution in [2.24, 2.45) is 0 Å². The summed E-state index contributed by atoms with van der Waals surface area (Å²) in [5.74, 6) is 0.620. The Balaban J connectivity index is 2.18. The topological polar surface area (TPSA) is 68.7 Å². The summed E-state index contributed by atoms with van der Waals surface area (Å²) in [4.78, 5) is 17.2. The van der Waals surface area contributed by atoms with E-state index in [4.69, 9.17) is 12.2 Å². The quantitative estimate of drug-likeness (QED) is 0.753. The van der Waals surface area contributed by atoms with E-state index >= 15 is 0 Å². The third kappa shape index (κ3) is 3.69. The first-order valence-corrected chi connectivity index (χ1v) is 7.73. The predicted octanol–water partition coefficient (Wildman–Crippen LogP) is -0.126. The van der Waals surface area contributed by atoms with Crippen LogP contribution in [0, 0.1) is 18.6 Å². The summed E-state index contributed by atoms with van der Waals surface area (Å²) in [5.41, 5.74) is 1.92. The lowest BCUT2D eigenvalue weighted by Gasteiger charge is -2.14. The van der Waals surface area contributed by atoms with E-state index in [-0.39, 0.29) is 11.9 Å². The number of likely N-dealkylation sites (N-methyl/N-ethyl adjacent to an activating group) is 1. The van der Waals surface area contributed by atoms with E-state index in [9.17, 15) is 4.79 Å². The van der Waals surface area contributed by atoms with Gasteiger partial charge in [-0.15, -0.1) is 5.10 Å². The molecule has 0 aromatic carbocycles. The van der Waals surface area contributed by atoms with Crippen LogP contribution in [0.5, 0.6) is 0 Å². The van der Waals surface area contributed by atoms with E-state index in [1.165, 1.54) is 0 Å². The molecule has 2 rings (SSSR count). The lowest BCUT2D eigenvalue weighted by Crippen LogP contribution is -3.09. The van der Waals surface area contributed by atoms with Gasteiger partial charge in [-0.2, -0.15) is 4.68 Å². The number of rotatable bonds is 5. The molecule has 1 unspecified atom stereocenters. The number of amides is 1. The van der Waals surface area contributed by atoms with Crippen LogP contribution in [0.25, 0.3) is 5.78 Å². The molecule has 2 heterocycles. The van der Waals surface area contributed by atoms with E-state index in [1.807, 2.05) is 45.2 Å². The maximum absolute atomic E-state index is 11.8. The number of hydrogen-bond donors (Lipinski definition) is 2. The molecule has 2 aromatic heterocycles. The first-order chi connectivity index (χ1) is 10.3. The highest BCUT2D eigenvalue weighted by Gasteiger charge is 2.14. The number of aryl methyl sites for hydroxylation is 2. The molecule has 2 aromatic rings. The largest absolute Gasteiger partial charge is 0.349 e. The fourth-order valence-electron chi connectivity index (χ4n) is 2.40. The van der Waals surface area contributed by atoms with E-state index in [2.05, 4.69) is 15.4 Å². The predicted molar refractivity (Wildman–Crippen MR) is 86.3 cm³/mol. The van der Waals surface area contributed by atoms with Crippen LogP contribution >= 0.6 is 12.2 Å². The maximum atomic E-state index is 11.8. The van der Waals surface area contributed by atoms with Gasteiger partial charge in [0.05, 0.1) is 7.05 Å². The summed E-state index contributed by atoms with van der Waals surface area (Å²) < 4.78 is 4.18. The second-order valence-corrected chi connectivity index (χ2v) is 6.34. The van der Waals surface area contributed by atoms with Gasteiger partial charge >= 0.3 is 0 Å². The van der Waals surface area contributed by atoms with Gasteiger partial charge in [0.2, 0.25) is 4.77 Å². The van der Waals surface area contributed by atoms with Crippen molar-refractivity contribution in [2.45, 2.75) is 40.4 Å². The molecule has 22 heavy (non-hydrogen) atoms. The minimum absolute atomic E-state index is 0.0212. The average Bonchev–Trinajstić information content (AvgIpc) is 2.64. The van der Waals surface area contributed by atoms with Crippen LogP contribution in [0.3, 0.4) is 0 Å². The van der Waals surface area contributed by atoms with Crippen LogP contribution in [-0.4, -0.2) is 44.7 Å². The lowest BCUT2D eigenvalue weighted by molar-refractivity contribution is -0.895. The van der Waals surface area contributed by atoms with Crippen molar-refractivity contribution in [3.05, 3.63) is 22.2 Å². The third-order valence-corrected chi connectivity index (χ3v) is 3.59. The van der Waals surface area contributed by atoms with Gasteiger partial charge in [0.15, 0.2) is 13.2 Å². The zero-order valence-corrected chi connectivity index (χ0v) is 14.5. The Labute approximate surface area is 135 Å². The van der Waals surface area contributed by atoms with Crippen LogP contribution in [0.1, 0.15) is 25.2 Å². The van der Waals surface area contributed by atoms with Gasteiger partial charge in [-0.25, -0.2) is 4.98 Å². The van der Waals surface area contributed by atoms with E-state index in [1.54, 1.807) is 4.68 Å². The molecular formula is C14H23N6OS+. The lowest BCUT2D eigenvalue weighted by atomic mass is 10.3. The fourth-order valence-corrected chi connectivity index (χ4v) is 2.73. The van der Waals surface area contributed by atoms with Crippen molar-refractivity contribution in [3.63, 3.8) is 0 Å². The second kappa shape index (κ2) is 6.53. The minimum atomic E-state index is 0.0212. The Morgan fingerprint density at radius 3 is 2.77 bits per heavy atom. The molecule has 0 aliphatic rings. The van der Waals surface area contributed by atoms with E-state index in [0.717, 1.165) is 16.3 Å². The zero-order valence-electron chi connectivity index (χ0n) is 13.7. The molecule has 0 aliphatic carbocycles. The summed E-state index contributed by atoms with van der Waals surface area (Å²) in [6.07, 6.45) is 0. The fraction of sp³-hybridized carbons (Fsp3) is 0.571. The van der Waals surface area contributed by atoms with Crippen molar-refractivity contribution in [1.29, 1.82) is 0 Å². The summed E-state index contributed by atoms with van der Waals surface area (Å²) in [6.45, 7) is 8.70. The highest BCUT2D eigenvalue weighted by atomic mass is 32.1. The van der Waals surface area contributed by atoms with Gasteiger partial charge in [0, 0.05) is 17.4 Å². The van der Waals surface area contributed by atoms with Gasteiger partial charge in [-0.1, -0.05) is 0 Å². The number of nitrogens with one attached hydrogen (secondary N) is 2. The third-order valence-electron chi connectivity index (χ3n) is 3.20. The first-order valence-electron chi connectivity index (χ1n) is 7.32. The van der Waals surface area contributed by atoms with Crippen molar-refractivity contribution < 1.29 is 9.69 Å². The Hall–Kier alpha value is -1.80. The average molecular weight is 323 g/mol. The molecule has 0 saturated carbocycles. The van der Waals surface area contributed by atoms with Crippen molar-refractivity contribution in [2.75, 3.05) is 13.6 Å². The van der Waals surface area contributed by atoms with E-state index < -0.39 is 0 Å². The normalized spacial score (nSPS) is 12.8. The van der Waals surface area contributed by atoms with Crippen LogP contribution in [0.2, 0.25) is 0 Å². The molecule has 0 bridgehead atoms. The summed E-state index contributed by atoms with van der Waals surface area (Å²) in [6, 6.07) is 2.12. The number of fused-ring (bicyclic) bond motifs is 1. The molecule has 8 heteroatoms. The van der Waals surface area contributed by atoms with Crippen molar-refractivity contribution in [1.82, 2.24) is 24.5 Å². The van der Waals surface area contributed by atoms with Crippen LogP contribution in [0.15, 0.2) is 6.07 Å². The smallest absolute Gasteiger partial charge is 0.275 e. The zero-order chi connectivity index (χ0) is 16.4. The Bertz CT molecular complexity index is 748. The highest BCUT2D eigenvalue weighted by molar-refractivity contribution is 7.71. The van der Waals surface area contributed by atoms with Gasteiger partial charge in [-0.3, -0.25) is 9.20 Å². The minimum Gasteiger partial charge on any atom is -0.349 e. The number of carbonyl (C=O) groups excluding carboxylic acids is 1. The van der Waals surface area contributed by atoms with E-state index in [0.29, 0.717) is 23.8 Å². The van der Waals surface area contributed by atoms with Gasteiger partial charge in [0.25, 0.3) is 11.7 Å². The molecule has 0 aliphatic heterocycles. The standard InChI is InChI=1S/C14H22N6OS/c1-9(2)15-12(21)7-18(5)8-19-14(22)20-11(4)6-10(3)16-13(20)17-19/h6,9H,7-8H2,1-5H3,(H,15,21)/p+1. The molecule has 2 N–H and O–H groups in total. The molecule has 0 fully saturated rings. The molecule has 0 saturated heterocycles. The number of hydrogen-bond acceptors (Lipinski definition) is 4. The van der Waals surface area contributed by atoms with Crippen molar-refractivity contribution >= 4 is 23.9 Å². The molecule has 1 atom stereocenters. The first kappa shape index (κ1) is 16.6. The molecule has 0 spiro atoms. The van der Waals surface area contributed by atoms with Gasteiger partial charge in [0.1, 0.15) is 0 Å². The van der Waals surface area contributed by atoms with Crippen LogP contribution in [0.4, 0.5) is 0 Å². The molecule has 120 valence electrons.